The molecule has 0 saturated heterocycles. The molecule has 23 heavy (non-hydrogen) atoms. The summed E-state index contributed by atoms with van der Waals surface area (Å²) in [6, 6.07) is 10.5. The average Bonchev–Trinajstić information content (AvgIpc) is 2.49. The van der Waals surface area contributed by atoms with Gasteiger partial charge in [0.2, 0.25) is 0 Å². The molecule has 0 aliphatic carbocycles. The van der Waals surface area contributed by atoms with Gasteiger partial charge in [-0.15, -0.1) is 11.8 Å². The Balaban J connectivity index is 2.24. The molecule has 2 N–H and O–H groups in total. The molecule has 0 radical (unpaired) electrons. The van der Waals surface area contributed by atoms with E-state index in [4.69, 9.17) is 33.0 Å². The second kappa shape index (κ2) is 8.34. The van der Waals surface area contributed by atoms with Crippen molar-refractivity contribution in [3.8, 4) is 11.5 Å². The maximum Gasteiger partial charge on any atom is 0.322 e. The number of halogens is 2. The van der Waals surface area contributed by atoms with E-state index in [1.54, 1.807) is 36.0 Å². The average molecular weight is 372 g/mol. The fourth-order valence-electron chi connectivity index (χ4n) is 1.84. The third-order valence-corrected chi connectivity index (χ3v) is 4.21. The molecule has 0 aromatic heterocycles. The highest BCUT2D eigenvalue weighted by Crippen LogP contribution is 2.37. The first-order valence-corrected chi connectivity index (χ1v) is 8.59. The summed E-state index contributed by atoms with van der Waals surface area (Å²) in [6.07, 6.45) is 0. The number of hydrogen-bond donors (Lipinski definition) is 2. The van der Waals surface area contributed by atoms with Gasteiger partial charge >= 0.3 is 5.97 Å². The summed E-state index contributed by atoms with van der Waals surface area (Å²) in [5.41, 5.74) is 0.528. The molecule has 0 aliphatic rings. The molecule has 0 heterocycles. The zero-order chi connectivity index (χ0) is 16.8. The smallest absolute Gasteiger partial charge is 0.322 e. The third kappa shape index (κ3) is 5.23. The van der Waals surface area contributed by atoms with Crippen LogP contribution in [0, 0.1) is 0 Å². The first-order chi connectivity index (χ1) is 11.0. The summed E-state index contributed by atoms with van der Waals surface area (Å²) in [6.45, 7) is 1.84. The standard InChI is InChI=1S/C16H15Cl2NO3S/c1-2-23-11-4-6-14(12(18)8-11)22-15-7-10(17)3-5-13(15)19-9-16(20)21/h3-8,19H,2,9H2,1H3,(H,20,21). The van der Waals surface area contributed by atoms with E-state index in [0.29, 0.717) is 27.2 Å². The number of hydrogen-bond acceptors (Lipinski definition) is 4. The molecule has 0 fully saturated rings. The highest BCUT2D eigenvalue weighted by atomic mass is 35.5. The van der Waals surface area contributed by atoms with Gasteiger partial charge < -0.3 is 15.2 Å². The van der Waals surface area contributed by atoms with Gasteiger partial charge in [-0.25, -0.2) is 0 Å². The van der Waals surface area contributed by atoms with Crippen molar-refractivity contribution in [3.63, 3.8) is 0 Å². The maximum absolute atomic E-state index is 10.7. The second-order valence-corrected chi connectivity index (χ2v) is 6.70. The van der Waals surface area contributed by atoms with Gasteiger partial charge in [0.25, 0.3) is 0 Å². The van der Waals surface area contributed by atoms with Gasteiger partial charge in [0.05, 0.1) is 10.7 Å². The Morgan fingerprint density at radius 2 is 2.00 bits per heavy atom. The van der Waals surface area contributed by atoms with E-state index in [9.17, 15) is 4.79 Å². The predicted molar refractivity (Wildman–Crippen MR) is 95.5 cm³/mol. The summed E-state index contributed by atoms with van der Waals surface area (Å²) in [4.78, 5) is 11.8. The highest BCUT2D eigenvalue weighted by Gasteiger charge is 2.10. The van der Waals surface area contributed by atoms with E-state index in [0.717, 1.165) is 10.6 Å². The van der Waals surface area contributed by atoms with Crippen LogP contribution in [0.25, 0.3) is 0 Å². The minimum absolute atomic E-state index is 0.224. The highest BCUT2D eigenvalue weighted by molar-refractivity contribution is 7.99. The summed E-state index contributed by atoms with van der Waals surface area (Å²) >= 11 is 13.9. The Hall–Kier alpha value is -1.56. The van der Waals surface area contributed by atoms with Crippen LogP contribution >= 0.6 is 35.0 Å². The largest absolute Gasteiger partial charge is 0.480 e. The zero-order valence-electron chi connectivity index (χ0n) is 12.3. The van der Waals surface area contributed by atoms with Crippen LogP contribution in [0.1, 0.15) is 6.92 Å². The van der Waals surface area contributed by atoms with Crippen molar-refractivity contribution in [2.75, 3.05) is 17.6 Å². The van der Waals surface area contributed by atoms with Crippen LogP contribution in [-0.4, -0.2) is 23.4 Å². The van der Waals surface area contributed by atoms with Gasteiger partial charge in [-0.05, 0) is 36.1 Å². The molecule has 122 valence electrons. The third-order valence-electron chi connectivity index (χ3n) is 2.81. The Morgan fingerprint density at radius 1 is 1.22 bits per heavy atom. The van der Waals surface area contributed by atoms with Gasteiger partial charge in [-0.1, -0.05) is 30.1 Å². The fourth-order valence-corrected chi connectivity index (χ4v) is 2.98. The predicted octanol–water partition coefficient (Wildman–Crippen LogP) is 5.39. The molecule has 0 amide bonds. The van der Waals surface area contributed by atoms with E-state index < -0.39 is 5.97 Å². The van der Waals surface area contributed by atoms with Crippen LogP contribution in [0.15, 0.2) is 41.3 Å². The molecule has 0 bridgehead atoms. The first-order valence-electron chi connectivity index (χ1n) is 6.85. The lowest BCUT2D eigenvalue weighted by atomic mass is 10.2. The number of carboxylic acids is 1. The quantitative estimate of drug-likeness (QED) is 0.638. The van der Waals surface area contributed by atoms with Crippen molar-refractivity contribution in [3.05, 3.63) is 46.4 Å². The van der Waals surface area contributed by atoms with Crippen LogP contribution in [0.5, 0.6) is 11.5 Å². The van der Waals surface area contributed by atoms with Crippen molar-refractivity contribution >= 4 is 46.6 Å². The van der Waals surface area contributed by atoms with Crippen LogP contribution < -0.4 is 10.1 Å². The minimum Gasteiger partial charge on any atom is -0.480 e. The molecule has 2 rings (SSSR count). The summed E-state index contributed by atoms with van der Waals surface area (Å²) < 4.78 is 5.81. The van der Waals surface area contributed by atoms with E-state index in [1.165, 1.54) is 0 Å². The van der Waals surface area contributed by atoms with Gasteiger partial charge in [0.15, 0.2) is 5.75 Å². The molecule has 7 heteroatoms. The number of rotatable bonds is 7. The topological polar surface area (TPSA) is 58.6 Å². The SMILES string of the molecule is CCSc1ccc(Oc2cc(Cl)ccc2NCC(=O)O)c(Cl)c1. The van der Waals surface area contributed by atoms with E-state index in [2.05, 4.69) is 12.2 Å². The van der Waals surface area contributed by atoms with Crippen molar-refractivity contribution < 1.29 is 14.6 Å². The Labute approximate surface area is 148 Å². The van der Waals surface area contributed by atoms with Gasteiger partial charge in [0, 0.05) is 16.0 Å². The molecular weight excluding hydrogens is 357 g/mol. The molecule has 0 unspecified atom stereocenters. The Bertz CT molecular complexity index is 710. The summed E-state index contributed by atoms with van der Waals surface area (Å²) in [5.74, 6) is 0.878. The van der Waals surface area contributed by atoms with Crippen LogP contribution in [0.4, 0.5) is 5.69 Å². The fraction of sp³-hybridized carbons (Fsp3) is 0.188. The molecule has 0 spiro atoms. The molecule has 0 atom stereocenters. The maximum atomic E-state index is 10.7. The van der Waals surface area contributed by atoms with Crippen LogP contribution in [0.3, 0.4) is 0 Å². The molecule has 0 aliphatic heterocycles. The zero-order valence-corrected chi connectivity index (χ0v) is 14.6. The van der Waals surface area contributed by atoms with E-state index >= 15 is 0 Å². The molecule has 0 saturated carbocycles. The number of aliphatic carboxylic acids is 1. The van der Waals surface area contributed by atoms with Crippen molar-refractivity contribution in [1.82, 2.24) is 0 Å². The Kier molecular flexibility index (Phi) is 6.45. The first kappa shape index (κ1) is 17.8. The number of ether oxygens (including phenoxy) is 1. The minimum atomic E-state index is -0.968. The molecular formula is C16H15Cl2NO3S. The van der Waals surface area contributed by atoms with Crippen molar-refractivity contribution in [2.24, 2.45) is 0 Å². The van der Waals surface area contributed by atoms with Gasteiger partial charge in [0.1, 0.15) is 12.3 Å². The van der Waals surface area contributed by atoms with Crippen molar-refractivity contribution in [1.29, 1.82) is 0 Å². The number of anilines is 1. The Morgan fingerprint density at radius 3 is 2.65 bits per heavy atom. The van der Waals surface area contributed by atoms with Crippen LogP contribution in [-0.2, 0) is 4.79 Å². The lowest BCUT2D eigenvalue weighted by Crippen LogP contribution is -2.12. The number of carboxylic acid groups (broad SMARTS) is 1. The number of benzene rings is 2. The lowest BCUT2D eigenvalue weighted by molar-refractivity contribution is -0.134. The number of thioether (sulfide) groups is 1. The van der Waals surface area contributed by atoms with Gasteiger partial charge in [-0.3, -0.25) is 4.79 Å². The monoisotopic (exact) mass is 371 g/mol. The van der Waals surface area contributed by atoms with E-state index in [-0.39, 0.29) is 6.54 Å². The van der Waals surface area contributed by atoms with Crippen LogP contribution in [0.2, 0.25) is 10.0 Å². The lowest BCUT2D eigenvalue weighted by Gasteiger charge is -2.14. The molecule has 4 nitrogen and oxygen atoms in total. The second-order valence-electron chi connectivity index (χ2n) is 4.52. The number of nitrogens with one attached hydrogen (secondary N) is 1. The molecule has 2 aromatic carbocycles. The van der Waals surface area contributed by atoms with E-state index in [1.807, 2.05) is 12.1 Å². The van der Waals surface area contributed by atoms with Crippen molar-refractivity contribution in [2.45, 2.75) is 11.8 Å². The number of carbonyl (C=O) groups is 1. The normalized spacial score (nSPS) is 10.4. The summed E-state index contributed by atoms with van der Waals surface area (Å²) in [7, 11) is 0. The summed E-state index contributed by atoms with van der Waals surface area (Å²) in [5, 5.41) is 12.5. The van der Waals surface area contributed by atoms with Gasteiger partial charge in [-0.2, -0.15) is 0 Å². The molecule has 2 aromatic rings.